The van der Waals surface area contributed by atoms with Crippen LogP contribution in [0.1, 0.15) is 27.7 Å². The molecule has 0 N–H and O–H groups in total. The minimum atomic E-state index is -1.10. The van der Waals surface area contributed by atoms with E-state index in [0.717, 1.165) is 12.1 Å². The molecular weight excluding hydrogens is 278 g/mol. The van der Waals surface area contributed by atoms with E-state index in [1.165, 1.54) is 5.57 Å². The second kappa shape index (κ2) is 11.9. The fraction of sp³-hybridized carbons (Fsp3) is 0.583. The molecule has 3 heteroatoms. The maximum Gasteiger partial charge on any atom is -0.0683 e. The van der Waals surface area contributed by atoms with E-state index in [1.807, 2.05) is 53.9 Å². The van der Waals surface area contributed by atoms with E-state index in [-0.39, 0.29) is 0 Å². The van der Waals surface area contributed by atoms with Gasteiger partial charge in [-0.25, -0.2) is 0 Å². The molecule has 0 aliphatic carbocycles. The molecule has 0 aliphatic rings. The average molecular weight is 301 g/mol. The van der Waals surface area contributed by atoms with Crippen LogP contribution in [-0.2, 0) is 17.2 Å². The van der Waals surface area contributed by atoms with Gasteiger partial charge >= 0.3 is 87.8 Å². The number of hydrogen-bond acceptors (Lipinski definition) is 1. The van der Waals surface area contributed by atoms with Gasteiger partial charge in [0.2, 0.25) is 0 Å². The Morgan fingerprint density at radius 1 is 1.20 bits per heavy atom. The van der Waals surface area contributed by atoms with Crippen molar-refractivity contribution in [3.8, 4) is 0 Å². The molecule has 0 spiro atoms. The summed E-state index contributed by atoms with van der Waals surface area (Å²) < 4.78 is 13.9. The van der Waals surface area contributed by atoms with Gasteiger partial charge in [-0.05, 0) is 0 Å². The molecule has 0 unspecified atom stereocenters. The molecular formula is C12H23FNRu. The Balaban J connectivity index is 0. The summed E-state index contributed by atoms with van der Waals surface area (Å²) in [7, 11) is 4.03. The number of halogens is 1. The molecule has 0 saturated carbocycles. The van der Waals surface area contributed by atoms with Gasteiger partial charge in [-0.3, -0.25) is 0 Å². The molecule has 0 bridgehead atoms. The zero-order valence-electron chi connectivity index (χ0n) is 10.6. The first kappa shape index (κ1) is 17.3. The van der Waals surface area contributed by atoms with E-state index in [0.29, 0.717) is 0 Å². The fourth-order valence-corrected chi connectivity index (χ4v) is 1.86. The van der Waals surface area contributed by atoms with Crippen molar-refractivity contribution in [1.29, 1.82) is 0 Å². The predicted molar refractivity (Wildman–Crippen MR) is 64.6 cm³/mol. The summed E-state index contributed by atoms with van der Waals surface area (Å²) in [6.45, 7) is 8.80. The van der Waals surface area contributed by atoms with Crippen LogP contribution >= 0.6 is 0 Å². The van der Waals surface area contributed by atoms with Crippen LogP contribution in [-0.4, -0.2) is 30.1 Å². The van der Waals surface area contributed by atoms with Gasteiger partial charge in [-0.2, -0.15) is 0 Å². The largest absolute Gasteiger partial charge is 0.0683 e. The van der Waals surface area contributed by atoms with Gasteiger partial charge < -0.3 is 0 Å². The summed E-state index contributed by atoms with van der Waals surface area (Å²) in [6, 6.07) is 0. The van der Waals surface area contributed by atoms with Crippen molar-refractivity contribution in [3.05, 3.63) is 23.3 Å². The van der Waals surface area contributed by atoms with Gasteiger partial charge in [0.1, 0.15) is 0 Å². The maximum absolute atomic E-state index is 12.2. The third-order valence-electron chi connectivity index (χ3n) is 1.67. The number of rotatable bonds is 4. The molecule has 0 aromatic carbocycles. The van der Waals surface area contributed by atoms with Gasteiger partial charge in [0.25, 0.3) is 0 Å². The predicted octanol–water partition coefficient (Wildman–Crippen LogP) is 3.24. The van der Waals surface area contributed by atoms with Crippen molar-refractivity contribution < 1.29 is 20.5 Å². The Hall–Kier alpha value is -0.137. The summed E-state index contributed by atoms with van der Waals surface area (Å²) in [5.41, 5.74) is 2.23. The quantitative estimate of drug-likeness (QED) is 0.569. The van der Waals surface area contributed by atoms with E-state index in [4.69, 9.17) is 0 Å². The standard InChI is InChI=1S/C10H17N.C2H6.FH.Ru/c1-6-9(3)10(7-2)8-11(4)5;1-2;;/h3,6-7H,8H2,1-2,4-5H3;1-2H3;1H;/q;;;+1/p-1/b9-6-,10-7-;;;. The molecule has 0 atom stereocenters. The first-order chi connectivity index (χ1) is 7.15. The van der Waals surface area contributed by atoms with Crippen LogP contribution in [0, 0.1) is 0 Å². The van der Waals surface area contributed by atoms with Gasteiger partial charge in [0, 0.05) is 0 Å². The molecule has 0 aromatic heterocycles. The fourth-order valence-electron chi connectivity index (χ4n) is 1.04. The summed E-state index contributed by atoms with van der Waals surface area (Å²) in [4.78, 5) is 2.08. The van der Waals surface area contributed by atoms with E-state index in [2.05, 4.69) is 4.90 Å². The number of hydrogen-bond donors (Lipinski definition) is 0. The summed E-state index contributed by atoms with van der Waals surface area (Å²) >= 11 is -1.10. The number of likely N-dealkylation sites (N-methyl/N-ethyl adjacent to an activating group) is 1. The van der Waals surface area contributed by atoms with E-state index in [1.54, 1.807) is 4.61 Å². The summed E-state index contributed by atoms with van der Waals surface area (Å²) in [5.74, 6) is 0. The monoisotopic (exact) mass is 302 g/mol. The Bertz CT molecular complexity index is 230. The second-order valence-corrected chi connectivity index (χ2v) is 3.86. The molecule has 0 rings (SSSR count). The molecule has 1 nitrogen and oxygen atoms in total. The zero-order chi connectivity index (χ0) is 12.3. The summed E-state index contributed by atoms with van der Waals surface area (Å²) in [5, 5.41) is 0. The van der Waals surface area contributed by atoms with Crippen LogP contribution in [0.3, 0.4) is 0 Å². The van der Waals surface area contributed by atoms with Crippen LogP contribution in [0.2, 0.25) is 0 Å². The maximum atomic E-state index is 12.2. The Morgan fingerprint density at radius 3 is 2.00 bits per heavy atom. The van der Waals surface area contributed by atoms with Crippen LogP contribution in [0.4, 0.5) is 3.32 Å². The third kappa shape index (κ3) is 8.83. The van der Waals surface area contributed by atoms with Crippen LogP contribution in [0.5, 0.6) is 0 Å². The molecule has 0 fully saturated rings. The molecule has 15 heavy (non-hydrogen) atoms. The minimum absolute atomic E-state index is 0.868. The molecule has 0 saturated heterocycles. The van der Waals surface area contributed by atoms with E-state index < -0.39 is 17.2 Å². The smallest absolute Gasteiger partial charge is 0.0683 e. The molecule has 0 radical (unpaired) electrons. The molecule has 0 aliphatic heterocycles. The third-order valence-corrected chi connectivity index (χ3v) is 2.40. The topological polar surface area (TPSA) is 3.24 Å². The van der Waals surface area contributed by atoms with Gasteiger partial charge in [0.15, 0.2) is 0 Å². The molecule has 0 aromatic rings. The second-order valence-electron chi connectivity index (χ2n) is 2.97. The molecule has 0 heterocycles. The van der Waals surface area contributed by atoms with Crippen molar-refractivity contribution >= 4 is 4.61 Å². The Morgan fingerprint density at radius 2 is 1.73 bits per heavy atom. The molecule has 0 amide bonds. The Labute approximate surface area is 102 Å². The van der Waals surface area contributed by atoms with Crippen molar-refractivity contribution in [2.75, 3.05) is 20.6 Å². The average Bonchev–Trinajstić information content (AvgIpc) is 2.25. The number of nitrogens with zero attached hydrogens (tertiary/aromatic N) is 1. The van der Waals surface area contributed by atoms with E-state index in [9.17, 15) is 3.32 Å². The van der Waals surface area contributed by atoms with Crippen LogP contribution < -0.4 is 0 Å². The van der Waals surface area contributed by atoms with E-state index >= 15 is 0 Å². The molecule has 91 valence electrons. The van der Waals surface area contributed by atoms with Gasteiger partial charge in [-0.15, -0.1) is 0 Å². The number of allylic oxidation sites excluding steroid dienone is 2. The zero-order valence-corrected chi connectivity index (χ0v) is 12.4. The normalized spacial score (nSPS) is 13.6. The SMILES string of the molecule is C/C=C([CH]=[Ru][F])\C(=C/C)CN(C)C.CC. The van der Waals surface area contributed by atoms with Gasteiger partial charge in [0.05, 0.1) is 0 Å². The summed E-state index contributed by atoms with van der Waals surface area (Å²) in [6.07, 6.45) is 4.01. The van der Waals surface area contributed by atoms with Crippen LogP contribution in [0.25, 0.3) is 0 Å². The Kier molecular flexibility index (Phi) is 13.7. The first-order valence-corrected chi connectivity index (χ1v) is 6.83. The van der Waals surface area contributed by atoms with Crippen LogP contribution in [0.15, 0.2) is 23.3 Å². The van der Waals surface area contributed by atoms with Crippen molar-refractivity contribution in [1.82, 2.24) is 4.90 Å². The van der Waals surface area contributed by atoms with Crippen molar-refractivity contribution in [3.63, 3.8) is 0 Å². The van der Waals surface area contributed by atoms with Crippen molar-refractivity contribution in [2.24, 2.45) is 0 Å². The van der Waals surface area contributed by atoms with Gasteiger partial charge in [-0.1, -0.05) is 13.8 Å². The van der Waals surface area contributed by atoms with Crippen molar-refractivity contribution in [2.45, 2.75) is 27.7 Å². The first-order valence-electron chi connectivity index (χ1n) is 5.17. The minimum Gasteiger partial charge on any atom is -0.0683 e.